The Bertz CT molecular complexity index is 699. The van der Waals surface area contributed by atoms with Gasteiger partial charge in [0.1, 0.15) is 0 Å². The van der Waals surface area contributed by atoms with Crippen molar-refractivity contribution in [2.24, 2.45) is 21.1 Å². The summed E-state index contributed by atoms with van der Waals surface area (Å²) in [7, 11) is 0. The molecular formula is C12H8N10. The minimum absolute atomic E-state index is 0.319. The first kappa shape index (κ1) is 16.4. The molecule has 10 nitrogen and oxygen atoms in total. The Kier molecular flexibility index (Phi) is 4.28. The lowest BCUT2D eigenvalue weighted by molar-refractivity contribution is 0.216. The van der Waals surface area contributed by atoms with Crippen LogP contribution in [0, 0.1) is 56.2 Å². The quantitative estimate of drug-likeness (QED) is 0.326. The van der Waals surface area contributed by atoms with Crippen molar-refractivity contribution in [2.75, 3.05) is 0 Å². The molecule has 2 atom stereocenters. The van der Waals surface area contributed by atoms with E-state index >= 15 is 0 Å². The summed E-state index contributed by atoms with van der Waals surface area (Å²) in [6.07, 6.45) is 0. The van der Waals surface area contributed by atoms with Crippen molar-refractivity contribution in [2.45, 2.75) is 25.9 Å². The summed E-state index contributed by atoms with van der Waals surface area (Å²) in [5, 5.41) is 44.9. The monoisotopic (exact) mass is 292 g/mol. The minimum atomic E-state index is -2.29. The lowest BCUT2D eigenvalue weighted by Crippen LogP contribution is -2.56. The van der Waals surface area contributed by atoms with E-state index in [0.29, 0.717) is 11.1 Å². The van der Waals surface area contributed by atoms with Crippen LogP contribution >= 0.6 is 0 Å². The molecular weight excluding hydrogens is 284 g/mol. The predicted octanol–water partition coefficient (Wildman–Crippen LogP) is 2.76. The smallest absolute Gasteiger partial charge is 0.188 e. The first-order chi connectivity index (χ1) is 10.5. The number of hydrogen-bond acceptors (Lipinski definition) is 6. The summed E-state index contributed by atoms with van der Waals surface area (Å²) in [6, 6.07) is 3.91. The molecule has 22 heavy (non-hydrogen) atoms. The van der Waals surface area contributed by atoms with Crippen LogP contribution in [-0.4, -0.2) is 12.1 Å². The molecule has 0 aromatic rings. The van der Waals surface area contributed by atoms with E-state index in [-0.39, 0.29) is 0 Å². The van der Waals surface area contributed by atoms with Gasteiger partial charge in [0.2, 0.25) is 0 Å². The number of nitrogens with zero attached hydrogens (tertiary/aromatic N) is 10. The molecule has 0 radical (unpaired) electrons. The molecule has 0 fully saturated rings. The van der Waals surface area contributed by atoms with Gasteiger partial charge in [-0.15, -0.1) is 0 Å². The van der Waals surface area contributed by atoms with Gasteiger partial charge in [0.15, 0.2) is 10.8 Å². The van der Waals surface area contributed by atoms with Crippen LogP contribution in [0.1, 0.15) is 13.8 Å². The van der Waals surface area contributed by atoms with Crippen molar-refractivity contribution in [1.82, 2.24) is 0 Å². The summed E-state index contributed by atoms with van der Waals surface area (Å²) in [4.78, 5) is 5.21. The summed E-state index contributed by atoms with van der Waals surface area (Å²) in [6.45, 7) is 2.99. The molecule has 0 heterocycles. The van der Waals surface area contributed by atoms with Gasteiger partial charge < -0.3 is 0 Å². The topological polar surface area (TPSA) is 193 Å². The maximum absolute atomic E-state index is 9.51. The molecule has 0 aromatic heterocycles. The Hall–Kier alpha value is -3.68. The fraction of sp³-hybridized carbons (Fsp3) is 0.500. The van der Waals surface area contributed by atoms with Crippen LogP contribution in [0.4, 0.5) is 0 Å². The Labute approximate surface area is 125 Å². The molecule has 0 aromatic carbocycles. The van der Waals surface area contributed by atoms with Crippen LogP contribution in [-0.2, 0) is 0 Å². The first-order valence-electron chi connectivity index (χ1n) is 5.87. The standard InChI is InChI=1S/C12H8N10/c1-7-8(2)10(20-22-18)12(5-15,6-16)11(3-13,4-14)9(7)19-21-17/h9-10H,1-2H3. The van der Waals surface area contributed by atoms with Gasteiger partial charge in [0, 0.05) is 9.82 Å². The third-order valence-corrected chi connectivity index (χ3v) is 3.92. The van der Waals surface area contributed by atoms with E-state index < -0.39 is 22.9 Å². The van der Waals surface area contributed by atoms with Crippen LogP contribution in [0.2, 0.25) is 0 Å². The van der Waals surface area contributed by atoms with Crippen LogP contribution in [0.3, 0.4) is 0 Å². The molecule has 0 aliphatic heterocycles. The van der Waals surface area contributed by atoms with Crippen molar-refractivity contribution < 1.29 is 0 Å². The number of nitriles is 4. The third kappa shape index (κ3) is 1.71. The van der Waals surface area contributed by atoms with Gasteiger partial charge in [0.25, 0.3) is 0 Å². The zero-order chi connectivity index (χ0) is 17.0. The highest BCUT2D eigenvalue weighted by Crippen LogP contribution is 2.54. The highest BCUT2D eigenvalue weighted by atomic mass is 15.2. The summed E-state index contributed by atoms with van der Waals surface area (Å²) < 4.78 is 0. The van der Waals surface area contributed by atoms with E-state index in [2.05, 4.69) is 20.1 Å². The molecule has 10 heteroatoms. The molecule has 0 N–H and O–H groups in total. The Morgan fingerprint density at radius 2 is 1.09 bits per heavy atom. The summed E-state index contributed by atoms with van der Waals surface area (Å²) in [5.41, 5.74) is 13.5. The van der Waals surface area contributed by atoms with Crippen molar-refractivity contribution in [3.63, 3.8) is 0 Å². The molecule has 1 aliphatic carbocycles. The lowest BCUT2D eigenvalue weighted by Gasteiger charge is -2.44. The molecule has 0 amide bonds. The van der Waals surface area contributed by atoms with Gasteiger partial charge >= 0.3 is 0 Å². The van der Waals surface area contributed by atoms with Crippen LogP contribution < -0.4 is 0 Å². The fourth-order valence-electron chi connectivity index (χ4n) is 2.61. The van der Waals surface area contributed by atoms with Crippen LogP contribution in [0.15, 0.2) is 21.4 Å². The zero-order valence-electron chi connectivity index (χ0n) is 11.6. The van der Waals surface area contributed by atoms with E-state index in [4.69, 9.17) is 11.1 Å². The van der Waals surface area contributed by atoms with Crippen molar-refractivity contribution >= 4 is 0 Å². The van der Waals surface area contributed by atoms with Gasteiger partial charge in [-0.25, -0.2) is 0 Å². The number of rotatable bonds is 2. The maximum Gasteiger partial charge on any atom is 0.188 e. The Balaban J connectivity index is 4.09. The molecule has 0 bridgehead atoms. The average Bonchev–Trinajstić information content (AvgIpc) is 2.55. The summed E-state index contributed by atoms with van der Waals surface area (Å²) >= 11 is 0. The average molecular weight is 292 g/mol. The van der Waals surface area contributed by atoms with Crippen molar-refractivity contribution in [3.05, 3.63) is 32.0 Å². The highest BCUT2D eigenvalue weighted by molar-refractivity contribution is 5.51. The molecule has 2 unspecified atom stereocenters. The second kappa shape index (κ2) is 5.75. The summed E-state index contributed by atoms with van der Waals surface area (Å²) in [5.74, 6) is 0. The molecule has 1 rings (SSSR count). The predicted molar refractivity (Wildman–Crippen MR) is 71.6 cm³/mol. The number of azide groups is 2. The molecule has 1 aliphatic rings. The second-order valence-electron chi connectivity index (χ2n) is 4.64. The lowest BCUT2D eigenvalue weighted by atomic mass is 9.53. The van der Waals surface area contributed by atoms with Gasteiger partial charge in [0.05, 0.1) is 36.4 Å². The van der Waals surface area contributed by atoms with Gasteiger partial charge in [-0.05, 0) is 24.9 Å². The molecule has 0 saturated heterocycles. The minimum Gasteiger partial charge on any atom is -0.196 e. The normalized spacial score (nSPS) is 24.3. The number of hydrogen-bond donors (Lipinski definition) is 0. The van der Waals surface area contributed by atoms with Crippen LogP contribution in [0.5, 0.6) is 0 Å². The Morgan fingerprint density at radius 3 is 1.27 bits per heavy atom. The maximum atomic E-state index is 9.51. The SMILES string of the molecule is CC1=C(C)C(N=[N+]=[N-])C(C#N)(C#N)C(C#N)(C#N)C1N=[N+]=[N-]. The van der Waals surface area contributed by atoms with E-state index in [1.54, 1.807) is 24.3 Å². The van der Waals surface area contributed by atoms with E-state index in [1.807, 2.05) is 0 Å². The van der Waals surface area contributed by atoms with E-state index in [0.717, 1.165) is 0 Å². The van der Waals surface area contributed by atoms with E-state index in [1.165, 1.54) is 13.8 Å². The van der Waals surface area contributed by atoms with Gasteiger partial charge in [-0.1, -0.05) is 21.4 Å². The highest BCUT2D eigenvalue weighted by Gasteiger charge is 2.66. The van der Waals surface area contributed by atoms with Gasteiger partial charge in [-0.3, -0.25) is 0 Å². The Morgan fingerprint density at radius 1 is 0.818 bits per heavy atom. The van der Waals surface area contributed by atoms with Crippen LogP contribution in [0.25, 0.3) is 20.9 Å². The third-order valence-electron chi connectivity index (χ3n) is 3.92. The molecule has 0 saturated carbocycles. The fourth-order valence-corrected chi connectivity index (χ4v) is 2.61. The van der Waals surface area contributed by atoms with Crippen molar-refractivity contribution in [3.8, 4) is 24.3 Å². The first-order valence-corrected chi connectivity index (χ1v) is 5.87. The zero-order valence-corrected chi connectivity index (χ0v) is 11.6. The largest absolute Gasteiger partial charge is 0.196 e. The van der Waals surface area contributed by atoms with Crippen molar-refractivity contribution in [1.29, 1.82) is 21.0 Å². The van der Waals surface area contributed by atoms with E-state index in [9.17, 15) is 21.0 Å². The molecule has 0 spiro atoms. The molecule has 106 valence electrons. The second-order valence-corrected chi connectivity index (χ2v) is 4.64. The van der Waals surface area contributed by atoms with Gasteiger partial charge in [-0.2, -0.15) is 21.0 Å².